The van der Waals surface area contributed by atoms with Crippen molar-refractivity contribution in [1.82, 2.24) is 10.2 Å². The number of hydrogen-bond acceptors (Lipinski definition) is 4. The fourth-order valence-electron chi connectivity index (χ4n) is 2.13. The first-order valence-electron chi connectivity index (χ1n) is 7.57. The van der Waals surface area contributed by atoms with Crippen LogP contribution in [0.4, 0.5) is 16.2 Å². The average molecular weight is 336 g/mol. The Morgan fingerprint density at radius 2 is 1.76 bits per heavy atom. The van der Waals surface area contributed by atoms with Crippen LogP contribution in [-0.2, 0) is 0 Å². The van der Waals surface area contributed by atoms with Gasteiger partial charge in [0.05, 0.1) is 0 Å². The van der Waals surface area contributed by atoms with Crippen LogP contribution in [0.1, 0.15) is 5.56 Å². The van der Waals surface area contributed by atoms with E-state index in [1.54, 1.807) is 24.3 Å². The Morgan fingerprint density at radius 3 is 2.44 bits per heavy atom. The molecule has 0 unspecified atom stereocenters. The molecule has 0 saturated carbocycles. The van der Waals surface area contributed by atoms with Crippen molar-refractivity contribution in [1.29, 1.82) is 0 Å². The molecule has 1 heterocycles. The highest BCUT2D eigenvalue weighted by atomic mass is 16.5. The third kappa shape index (κ3) is 4.68. The molecule has 0 bridgehead atoms. The van der Waals surface area contributed by atoms with Crippen LogP contribution in [-0.4, -0.2) is 16.2 Å². The number of carbonyl (C=O) groups is 1. The van der Waals surface area contributed by atoms with Gasteiger partial charge in [-0.3, -0.25) is 4.79 Å². The minimum Gasteiger partial charge on any atom is -0.438 e. The molecule has 126 valence electrons. The Bertz CT molecular complexity index is 915. The number of H-pyrrole nitrogens is 1. The third-order valence-corrected chi connectivity index (χ3v) is 3.26. The summed E-state index contributed by atoms with van der Waals surface area (Å²) in [7, 11) is 0. The maximum absolute atomic E-state index is 12.0. The molecule has 0 aliphatic heterocycles. The van der Waals surface area contributed by atoms with Crippen LogP contribution in [0.3, 0.4) is 0 Å². The van der Waals surface area contributed by atoms with Gasteiger partial charge in [0, 0.05) is 23.5 Å². The van der Waals surface area contributed by atoms with Gasteiger partial charge in [-0.15, -0.1) is 5.10 Å². The maximum Gasteiger partial charge on any atom is 0.323 e. The van der Waals surface area contributed by atoms with Crippen molar-refractivity contribution < 1.29 is 9.53 Å². The summed E-state index contributed by atoms with van der Waals surface area (Å²) in [5.41, 5.74) is 2.11. The molecule has 7 heteroatoms. The number of anilines is 2. The molecule has 0 fully saturated rings. The van der Waals surface area contributed by atoms with Gasteiger partial charge in [-0.25, -0.2) is 9.89 Å². The van der Waals surface area contributed by atoms with Crippen molar-refractivity contribution in [2.24, 2.45) is 0 Å². The predicted octanol–water partition coefficient (Wildman–Crippen LogP) is 3.51. The third-order valence-electron chi connectivity index (χ3n) is 3.26. The van der Waals surface area contributed by atoms with Gasteiger partial charge in [0.15, 0.2) is 0 Å². The second kappa shape index (κ2) is 7.31. The number of rotatable bonds is 4. The minimum atomic E-state index is -0.332. The van der Waals surface area contributed by atoms with Crippen molar-refractivity contribution >= 4 is 17.4 Å². The van der Waals surface area contributed by atoms with Gasteiger partial charge < -0.3 is 15.4 Å². The van der Waals surface area contributed by atoms with Crippen LogP contribution in [0.5, 0.6) is 11.6 Å². The molecule has 2 aromatic carbocycles. The minimum absolute atomic E-state index is 0.275. The number of aromatic nitrogens is 2. The van der Waals surface area contributed by atoms with Crippen LogP contribution < -0.4 is 20.9 Å². The Morgan fingerprint density at radius 1 is 1.00 bits per heavy atom. The fourth-order valence-corrected chi connectivity index (χ4v) is 2.13. The van der Waals surface area contributed by atoms with E-state index in [-0.39, 0.29) is 17.5 Å². The second-order valence-electron chi connectivity index (χ2n) is 5.33. The topological polar surface area (TPSA) is 96.1 Å². The normalized spacial score (nSPS) is 10.1. The van der Waals surface area contributed by atoms with Gasteiger partial charge in [-0.2, -0.15) is 0 Å². The monoisotopic (exact) mass is 336 g/mol. The number of hydrogen-bond donors (Lipinski definition) is 3. The standard InChI is InChI=1S/C18H16N4O3/c1-12-3-2-4-14(11-12)20-18(24)19-13-5-7-15(8-6-13)25-17-10-9-16(23)21-22-17/h2-11H,1H3,(H,21,23)(H2,19,20,24). The number of urea groups is 1. The maximum atomic E-state index is 12.0. The Labute approximate surface area is 143 Å². The van der Waals surface area contributed by atoms with Gasteiger partial charge >= 0.3 is 6.03 Å². The number of aryl methyl sites for hydroxylation is 1. The van der Waals surface area contributed by atoms with E-state index >= 15 is 0 Å². The van der Waals surface area contributed by atoms with E-state index in [4.69, 9.17) is 4.74 Å². The molecule has 7 nitrogen and oxygen atoms in total. The lowest BCUT2D eigenvalue weighted by Gasteiger charge is -2.09. The van der Waals surface area contributed by atoms with Crippen LogP contribution in [0.15, 0.2) is 65.5 Å². The highest BCUT2D eigenvalue weighted by molar-refractivity contribution is 5.99. The quantitative estimate of drug-likeness (QED) is 0.679. The molecule has 0 saturated heterocycles. The number of amides is 2. The van der Waals surface area contributed by atoms with E-state index in [0.717, 1.165) is 11.3 Å². The van der Waals surface area contributed by atoms with E-state index in [1.165, 1.54) is 12.1 Å². The highest BCUT2D eigenvalue weighted by Crippen LogP contribution is 2.20. The van der Waals surface area contributed by atoms with Crippen LogP contribution in [0, 0.1) is 6.92 Å². The SMILES string of the molecule is Cc1cccc(NC(=O)Nc2ccc(Oc3ccc(=O)[nH]n3)cc2)c1. The average Bonchev–Trinajstić information content (AvgIpc) is 2.59. The number of nitrogens with one attached hydrogen (secondary N) is 3. The van der Waals surface area contributed by atoms with Gasteiger partial charge in [0.25, 0.3) is 5.56 Å². The molecule has 1 aromatic heterocycles. The molecule has 3 rings (SSSR count). The molecule has 0 spiro atoms. The fraction of sp³-hybridized carbons (Fsp3) is 0.0556. The first-order valence-corrected chi connectivity index (χ1v) is 7.57. The summed E-state index contributed by atoms with van der Waals surface area (Å²) in [4.78, 5) is 23.0. The van der Waals surface area contributed by atoms with Gasteiger partial charge in [0.1, 0.15) is 5.75 Å². The van der Waals surface area contributed by atoms with Crippen molar-refractivity contribution in [2.75, 3.05) is 10.6 Å². The van der Waals surface area contributed by atoms with Crippen LogP contribution in [0.25, 0.3) is 0 Å². The molecule has 3 aromatic rings. The molecule has 0 atom stereocenters. The summed E-state index contributed by atoms with van der Waals surface area (Å²) in [5, 5.41) is 11.6. The predicted molar refractivity (Wildman–Crippen MR) is 95.2 cm³/mol. The number of benzene rings is 2. The van der Waals surface area contributed by atoms with E-state index in [2.05, 4.69) is 20.8 Å². The lowest BCUT2D eigenvalue weighted by Crippen LogP contribution is -2.19. The number of nitrogens with zero attached hydrogens (tertiary/aromatic N) is 1. The summed E-state index contributed by atoms with van der Waals surface area (Å²) < 4.78 is 5.49. The second-order valence-corrected chi connectivity index (χ2v) is 5.33. The van der Waals surface area contributed by atoms with Crippen molar-refractivity contribution in [3.63, 3.8) is 0 Å². The van der Waals surface area contributed by atoms with E-state index in [1.807, 2.05) is 31.2 Å². The molecule has 25 heavy (non-hydrogen) atoms. The molecule has 0 aliphatic rings. The molecular weight excluding hydrogens is 320 g/mol. The molecule has 0 aliphatic carbocycles. The number of ether oxygens (including phenoxy) is 1. The zero-order valence-electron chi connectivity index (χ0n) is 13.4. The zero-order chi connectivity index (χ0) is 17.6. The Kier molecular flexibility index (Phi) is 4.75. The van der Waals surface area contributed by atoms with Crippen molar-refractivity contribution in [2.45, 2.75) is 6.92 Å². The zero-order valence-corrected chi connectivity index (χ0v) is 13.4. The van der Waals surface area contributed by atoms with E-state index in [9.17, 15) is 9.59 Å². The molecule has 0 radical (unpaired) electrons. The highest BCUT2D eigenvalue weighted by Gasteiger charge is 2.04. The molecular formula is C18H16N4O3. The number of aromatic amines is 1. The summed E-state index contributed by atoms with van der Waals surface area (Å²) in [6, 6.07) is 16.8. The lowest BCUT2D eigenvalue weighted by atomic mass is 10.2. The van der Waals surface area contributed by atoms with E-state index in [0.29, 0.717) is 11.4 Å². The first kappa shape index (κ1) is 16.3. The van der Waals surface area contributed by atoms with E-state index < -0.39 is 0 Å². The molecule has 2 amide bonds. The van der Waals surface area contributed by atoms with Gasteiger partial charge in [-0.1, -0.05) is 12.1 Å². The lowest BCUT2D eigenvalue weighted by molar-refractivity contribution is 0.262. The Balaban J connectivity index is 1.59. The number of carbonyl (C=O) groups excluding carboxylic acids is 1. The molecule has 3 N–H and O–H groups in total. The smallest absolute Gasteiger partial charge is 0.323 e. The summed E-state index contributed by atoms with van der Waals surface area (Å²) >= 11 is 0. The first-order chi connectivity index (χ1) is 12.1. The van der Waals surface area contributed by atoms with Gasteiger partial charge in [0.2, 0.25) is 5.88 Å². The van der Waals surface area contributed by atoms with Crippen LogP contribution >= 0.6 is 0 Å². The summed E-state index contributed by atoms with van der Waals surface area (Å²) in [6.45, 7) is 1.96. The van der Waals surface area contributed by atoms with Crippen molar-refractivity contribution in [3.8, 4) is 11.6 Å². The summed E-state index contributed by atoms with van der Waals surface area (Å²) in [5.74, 6) is 0.807. The Hall–Kier alpha value is -3.61. The summed E-state index contributed by atoms with van der Waals surface area (Å²) in [6.07, 6.45) is 0. The largest absolute Gasteiger partial charge is 0.438 e. The van der Waals surface area contributed by atoms with Gasteiger partial charge in [-0.05, 0) is 48.9 Å². The van der Waals surface area contributed by atoms with Crippen molar-refractivity contribution in [3.05, 3.63) is 76.6 Å². The van der Waals surface area contributed by atoms with Crippen LogP contribution in [0.2, 0.25) is 0 Å².